The highest BCUT2D eigenvalue weighted by atomic mass is 16.5. The number of hydrogen-bond acceptors (Lipinski definition) is 3. The Morgan fingerprint density at radius 1 is 1.26 bits per heavy atom. The monoisotopic (exact) mass is 258 g/mol. The molecule has 1 fully saturated rings. The third-order valence-corrected chi connectivity index (χ3v) is 4.00. The van der Waals surface area contributed by atoms with Gasteiger partial charge in [0.1, 0.15) is 17.1 Å². The fourth-order valence-electron chi connectivity index (χ4n) is 2.91. The van der Waals surface area contributed by atoms with E-state index in [0.29, 0.717) is 12.0 Å². The molecular weight excluding hydrogens is 240 g/mol. The summed E-state index contributed by atoms with van der Waals surface area (Å²) in [5.41, 5.74) is 1.62. The van der Waals surface area contributed by atoms with Gasteiger partial charge in [-0.05, 0) is 51.0 Å². The van der Waals surface area contributed by atoms with E-state index in [-0.39, 0.29) is 29.0 Å². The zero-order chi connectivity index (χ0) is 13.8. The maximum absolute atomic E-state index is 12.3. The first-order valence-corrected chi connectivity index (χ1v) is 6.74. The van der Waals surface area contributed by atoms with Crippen molar-refractivity contribution in [2.45, 2.75) is 39.2 Å². The van der Waals surface area contributed by atoms with E-state index in [1.807, 2.05) is 32.0 Å². The molecule has 2 aliphatic rings. The van der Waals surface area contributed by atoms with Crippen LogP contribution in [-0.2, 0) is 11.2 Å². The van der Waals surface area contributed by atoms with Crippen molar-refractivity contribution in [1.29, 1.82) is 0 Å². The maximum Gasteiger partial charge on any atom is 0.166 e. The van der Waals surface area contributed by atoms with Crippen LogP contribution in [0.15, 0.2) is 18.2 Å². The van der Waals surface area contributed by atoms with Gasteiger partial charge in [0, 0.05) is 23.8 Å². The van der Waals surface area contributed by atoms with E-state index >= 15 is 0 Å². The Balaban J connectivity index is 1.81. The van der Waals surface area contributed by atoms with E-state index in [1.54, 1.807) is 6.92 Å². The van der Waals surface area contributed by atoms with Crippen LogP contribution in [0.4, 0.5) is 0 Å². The highest BCUT2D eigenvalue weighted by Gasteiger charge is 2.46. The van der Waals surface area contributed by atoms with Gasteiger partial charge in [0.05, 0.1) is 0 Å². The molecule has 1 aromatic carbocycles. The minimum Gasteiger partial charge on any atom is -0.487 e. The highest BCUT2D eigenvalue weighted by Crippen LogP contribution is 2.42. The molecule has 0 bridgehead atoms. The summed E-state index contributed by atoms with van der Waals surface area (Å²) in [5.74, 6) is 0.969. The van der Waals surface area contributed by atoms with E-state index in [0.717, 1.165) is 17.7 Å². The van der Waals surface area contributed by atoms with Crippen LogP contribution in [-0.4, -0.2) is 17.2 Å². The van der Waals surface area contributed by atoms with E-state index in [9.17, 15) is 9.59 Å². The number of ether oxygens (including phenoxy) is 1. The van der Waals surface area contributed by atoms with Crippen LogP contribution in [0.5, 0.6) is 5.75 Å². The Morgan fingerprint density at radius 3 is 2.63 bits per heavy atom. The molecule has 1 saturated carbocycles. The van der Waals surface area contributed by atoms with Gasteiger partial charge < -0.3 is 4.74 Å². The van der Waals surface area contributed by atoms with Crippen molar-refractivity contribution in [3.63, 3.8) is 0 Å². The first kappa shape index (κ1) is 12.4. The van der Waals surface area contributed by atoms with Gasteiger partial charge >= 0.3 is 0 Å². The summed E-state index contributed by atoms with van der Waals surface area (Å²) in [6.45, 7) is 5.65. The number of rotatable bonds is 3. The molecule has 0 unspecified atom stereocenters. The fourth-order valence-corrected chi connectivity index (χ4v) is 2.91. The van der Waals surface area contributed by atoms with Crippen molar-refractivity contribution >= 4 is 11.6 Å². The Hall–Kier alpha value is -1.64. The van der Waals surface area contributed by atoms with Gasteiger partial charge in [-0.1, -0.05) is 0 Å². The molecule has 1 aliphatic carbocycles. The lowest BCUT2D eigenvalue weighted by molar-refractivity contribution is -0.118. The molecule has 3 rings (SSSR count). The maximum atomic E-state index is 12.3. The molecule has 100 valence electrons. The predicted octanol–water partition coefficient (Wildman–Crippen LogP) is 2.81. The smallest absolute Gasteiger partial charge is 0.166 e. The van der Waals surface area contributed by atoms with E-state index < -0.39 is 0 Å². The minimum absolute atomic E-state index is 0.0477. The molecule has 2 atom stereocenters. The SMILES string of the molecule is CC(=O)[C@@H]1C[C@@H]1C(=O)c1ccc2c(c1)CC(C)(C)O2. The normalized spacial score (nSPS) is 26.5. The molecule has 19 heavy (non-hydrogen) atoms. The first-order chi connectivity index (χ1) is 8.87. The second-order valence-electron chi connectivity index (χ2n) is 6.28. The van der Waals surface area contributed by atoms with Gasteiger partial charge in [0.15, 0.2) is 5.78 Å². The Labute approximate surface area is 113 Å². The second kappa shape index (κ2) is 3.92. The van der Waals surface area contributed by atoms with Crippen molar-refractivity contribution in [2.24, 2.45) is 11.8 Å². The Kier molecular flexibility index (Phi) is 2.56. The fraction of sp³-hybridized carbons (Fsp3) is 0.500. The summed E-state index contributed by atoms with van der Waals surface area (Å²) in [6.07, 6.45) is 1.54. The van der Waals surface area contributed by atoms with Crippen LogP contribution < -0.4 is 4.74 Å². The molecule has 0 radical (unpaired) electrons. The van der Waals surface area contributed by atoms with Crippen molar-refractivity contribution in [3.8, 4) is 5.75 Å². The van der Waals surface area contributed by atoms with Crippen LogP contribution in [0.3, 0.4) is 0 Å². The molecule has 0 aromatic heterocycles. The molecule has 0 N–H and O–H groups in total. The van der Waals surface area contributed by atoms with Gasteiger partial charge in [-0.2, -0.15) is 0 Å². The molecule has 0 saturated heterocycles. The third-order valence-electron chi connectivity index (χ3n) is 4.00. The van der Waals surface area contributed by atoms with Gasteiger partial charge in [-0.15, -0.1) is 0 Å². The molecule has 1 aliphatic heterocycles. The van der Waals surface area contributed by atoms with Crippen LogP contribution in [0, 0.1) is 11.8 Å². The average molecular weight is 258 g/mol. The molecule has 3 nitrogen and oxygen atoms in total. The van der Waals surface area contributed by atoms with Crippen LogP contribution in [0.1, 0.15) is 43.1 Å². The number of Topliss-reactive ketones (excluding diaryl/α,β-unsaturated/α-hetero) is 2. The van der Waals surface area contributed by atoms with Gasteiger partial charge in [0.2, 0.25) is 0 Å². The van der Waals surface area contributed by atoms with Gasteiger partial charge in [0.25, 0.3) is 0 Å². The topological polar surface area (TPSA) is 43.4 Å². The third kappa shape index (κ3) is 2.18. The summed E-state index contributed by atoms with van der Waals surface area (Å²) in [6, 6.07) is 5.63. The standard InChI is InChI=1S/C16H18O3/c1-9(17)12-7-13(12)15(18)10-4-5-14-11(6-10)8-16(2,3)19-14/h4-6,12-13H,7-8H2,1-3H3/t12-,13-/m0/s1. The lowest BCUT2D eigenvalue weighted by Gasteiger charge is -2.16. The van der Waals surface area contributed by atoms with Crippen molar-refractivity contribution in [2.75, 3.05) is 0 Å². The van der Waals surface area contributed by atoms with Crippen molar-refractivity contribution in [1.82, 2.24) is 0 Å². The number of benzene rings is 1. The number of hydrogen-bond donors (Lipinski definition) is 0. The number of carbonyl (C=O) groups is 2. The van der Waals surface area contributed by atoms with Crippen LogP contribution in [0.2, 0.25) is 0 Å². The Morgan fingerprint density at radius 2 is 2.00 bits per heavy atom. The predicted molar refractivity (Wildman–Crippen MR) is 71.5 cm³/mol. The summed E-state index contributed by atoms with van der Waals surface area (Å²) in [7, 11) is 0. The zero-order valence-corrected chi connectivity index (χ0v) is 11.5. The number of carbonyl (C=O) groups excluding carboxylic acids is 2. The summed E-state index contributed by atoms with van der Waals surface area (Å²) >= 11 is 0. The number of fused-ring (bicyclic) bond motifs is 1. The van der Waals surface area contributed by atoms with E-state index in [4.69, 9.17) is 4.74 Å². The van der Waals surface area contributed by atoms with Crippen LogP contribution >= 0.6 is 0 Å². The first-order valence-electron chi connectivity index (χ1n) is 6.74. The number of ketones is 2. The molecule has 0 spiro atoms. The molecule has 3 heteroatoms. The van der Waals surface area contributed by atoms with Crippen molar-refractivity contribution < 1.29 is 14.3 Å². The molecule has 1 aromatic rings. The van der Waals surface area contributed by atoms with E-state index in [2.05, 4.69) is 0 Å². The average Bonchev–Trinajstić information content (AvgIpc) is 3.04. The minimum atomic E-state index is -0.189. The molecular formula is C16H18O3. The quantitative estimate of drug-likeness (QED) is 0.783. The van der Waals surface area contributed by atoms with Crippen molar-refractivity contribution in [3.05, 3.63) is 29.3 Å². The Bertz CT molecular complexity index is 571. The summed E-state index contributed by atoms with van der Waals surface area (Å²) in [4.78, 5) is 23.5. The summed E-state index contributed by atoms with van der Waals surface area (Å²) < 4.78 is 5.80. The largest absolute Gasteiger partial charge is 0.487 e. The second-order valence-corrected chi connectivity index (χ2v) is 6.28. The lowest BCUT2D eigenvalue weighted by atomic mass is 9.97. The van der Waals surface area contributed by atoms with Gasteiger partial charge in [-0.3, -0.25) is 9.59 Å². The summed E-state index contributed by atoms with van der Waals surface area (Å²) in [5, 5.41) is 0. The molecule has 0 amide bonds. The van der Waals surface area contributed by atoms with Crippen LogP contribution in [0.25, 0.3) is 0 Å². The zero-order valence-electron chi connectivity index (χ0n) is 11.5. The van der Waals surface area contributed by atoms with E-state index in [1.165, 1.54) is 0 Å². The molecule has 1 heterocycles. The highest BCUT2D eigenvalue weighted by molar-refractivity contribution is 6.03. The van der Waals surface area contributed by atoms with Gasteiger partial charge in [-0.25, -0.2) is 0 Å². The lowest BCUT2D eigenvalue weighted by Crippen LogP contribution is -2.24.